The molecule has 1 aliphatic heterocycles. The van der Waals surface area contributed by atoms with Gasteiger partial charge in [-0.05, 0) is 30.3 Å². The molecular formula is C21H23F2N3O2. The van der Waals surface area contributed by atoms with Gasteiger partial charge in [-0.25, -0.2) is 8.78 Å². The van der Waals surface area contributed by atoms with Crippen LogP contribution in [0.5, 0.6) is 0 Å². The first kappa shape index (κ1) is 19.8. The minimum atomic E-state index is -0.431. The van der Waals surface area contributed by atoms with E-state index in [9.17, 15) is 18.4 Å². The Hall–Kier alpha value is -2.96. The topological polar surface area (TPSA) is 43.9 Å². The number of benzene rings is 2. The van der Waals surface area contributed by atoms with Crippen LogP contribution in [0.25, 0.3) is 0 Å². The Morgan fingerprint density at radius 2 is 1.71 bits per heavy atom. The maximum absolute atomic E-state index is 13.9. The Morgan fingerprint density at radius 3 is 2.36 bits per heavy atom. The molecule has 0 N–H and O–H groups in total. The summed E-state index contributed by atoms with van der Waals surface area (Å²) in [4.78, 5) is 29.5. The summed E-state index contributed by atoms with van der Waals surface area (Å²) in [7, 11) is 0. The zero-order valence-electron chi connectivity index (χ0n) is 15.8. The number of para-hydroxylation sites is 1. The van der Waals surface area contributed by atoms with Gasteiger partial charge in [0.1, 0.15) is 11.6 Å². The molecule has 2 aromatic rings. The van der Waals surface area contributed by atoms with Crippen molar-refractivity contribution in [2.45, 2.75) is 13.3 Å². The molecule has 1 fully saturated rings. The van der Waals surface area contributed by atoms with Gasteiger partial charge in [-0.15, -0.1) is 0 Å². The summed E-state index contributed by atoms with van der Waals surface area (Å²) in [6.45, 7) is 3.66. The molecule has 1 aliphatic rings. The lowest BCUT2D eigenvalue weighted by molar-refractivity contribution is -0.131. The molecule has 5 nitrogen and oxygen atoms in total. The highest BCUT2D eigenvalue weighted by Crippen LogP contribution is 2.21. The molecule has 0 aliphatic carbocycles. The van der Waals surface area contributed by atoms with Crippen LogP contribution in [0.3, 0.4) is 0 Å². The van der Waals surface area contributed by atoms with Crippen LogP contribution < -0.4 is 9.80 Å². The summed E-state index contributed by atoms with van der Waals surface area (Å²) in [6, 6.07) is 12.4. The van der Waals surface area contributed by atoms with Gasteiger partial charge in [0.2, 0.25) is 11.8 Å². The zero-order valence-corrected chi connectivity index (χ0v) is 15.8. The first-order chi connectivity index (χ1) is 13.5. The SMILES string of the molecule is CC(=O)N(CCC(=O)N1CCN(c2ccccc2F)CC1)c1cccc(F)c1. The van der Waals surface area contributed by atoms with Crippen LogP contribution in [0.1, 0.15) is 13.3 Å². The van der Waals surface area contributed by atoms with E-state index in [1.54, 1.807) is 29.2 Å². The Labute approximate surface area is 163 Å². The predicted molar refractivity (Wildman–Crippen MR) is 104 cm³/mol. The molecule has 0 bridgehead atoms. The molecule has 1 heterocycles. The predicted octanol–water partition coefficient (Wildman–Crippen LogP) is 3.06. The highest BCUT2D eigenvalue weighted by molar-refractivity contribution is 5.92. The maximum atomic E-state index is 13.9. The number of piperazine rings is 1. The van der Waals surface area contributed by atoms with Crippen molar-refractivity contribution in [2.75, 3.05) is 42.5 Å². The van der Waals surface area contributed by atoms with E-state index in [0.717, 1.165) is 0 Å². The molecule has 1 saturated heterocycles. The van der Waals surface area contributed by atoms with Gasteiger partial charge < -0.3 is 14.7 Å². The lowest BCUT2D eigenvalue weighted by Crippen LogP contribution is -2.49. The number of nitrogens with zero attached hydrogens (tertiary/aromatic N) is 3. The van der Waals surface area contributed by atoms with Crippen LogP contribution in [0.2, 0.25) is 0 Å². The molecule has 0 radical (unpaired) electrons. The number of hydrogen-bond acceptors (Lipinski definition) is 3. The van der Waals surface area contributed by atoms with Gasteiger partial charge in [0, 0.05) is 51.8 Å². The van der Waals surface area contributed by atoms with Crippen LogP contribution in [0.15, 0.2) is 48.5 Å². The van der Waals surface area contributed by atoms with Crippen molar-refractivity contribution in [1.82, 2.24) is 4.90 Å². The van der Waals surface area contributed by atoms with Crippen LogP contribution in [-0.4, -0.2) is 49.4 Å². The Bertz CT molecular complexity index is 851. The minimum absolute atomic E-state index is 0.0733. The first-order valence-corrected chi connectivity index (χ1v) is 9.26. The van der Waals surface area contributed by atoms with Crippen molar-refractivity contribution < 1.29 is 18.4 Å². The van der Waals surface area contributed by atoms with Gasteiger partial charge in [-0.2, -0.15) is 0 Å². The second-order valence-electron chi connectivity index (χ2n) is 6.72. The molecular weight excluding hydrogens is 364 g/mol. The number of amides is 2. The molecule has 7 heteroatoms. The quantitative estimate of drug-likeness (QED) is 0.792. The molecule has 0 spiro atoms. The van der Waals surface area contributed by atoms with E-state index in [0.29, 0.717) is 37.6 Å². The number of hydrogen-bond donors (Lipinski definition) is 0. The standard InChI is InChI=1S/C21H23F2N3O2/c1-16(27)26(18-6-4-5-17(22)15-18)10-9-21(28)25-13-11-24(12-14-25)20-8-3-2-7-19(20)23/h2-8,15H,9-14H2,1H3. The third-order valence-corrected chi connectivity index (χ3v) is 4.87. The third kappa shape index (κ3) is 4.65. The highest BCUT2D eigenvalue weighted by atomic mass is 19.1. The average molecular weight is 387 g/mol. The van der Waals surface area contributed by atoms with E-state index < -0.39 is 5.82 Å². The fourth-order valence-electron chi connectivity index (χ4n) is 3.38. The average Bonchev–Trinajstić information content (AvgIpc) is 2.68. The molecule has 0 aromatic heterocycles. The summed E-state index contributed by atoms with van der Waals surface area (Å²) in [6.07, 6.45) is 0.149. The van der Waals surface area contributed by atoms with E-state index in [1.165, 1.54) is 36.1 Å². The third-order valence-electron chi connectivity index (χ3n) is 4.87. The van der Waals surface area contributed by atoms with Crippen LogP contribution in [0.4, 0.5) is 20.2 Å². The fraction of sp³-hybridized carbons (Fsp3) is 0.333. The first-order valence-electron chi connectivity index (χ1n) is 9.26. The lowest BCUT2D eigenvalue weighted by atomic mass is 10.2. The second kappa shape index (κ2) is 8.82. The zero-order chi connectivity index (χ0) is 20.1. The molecule has 2 aromatic carbocycles. The number of anilines is 2. The maximum Gasteiger partial charge on any atom is 0.224 e. The summed E-state index contributed by atoms with van der Waals surface area (Å²) in [5.41, 5.74) is 0.980. The highest BCUT2D eigenvalue weighted by Gasteiger charge is 2.23. The van der Waals surface area contributed by atoms with Crippen LogP contribution >= 0.6 is 0 Å². The number of rotatable bonds is 5. The van der Waals surface area contributed by atoms with E-state index >= 15 is 0 Å². The van der Waals surface area contributed by atoms with Gasteiger partial charge in [0.25, 0.3) is 0 Å². The van der Waals surface area contributed by atoms with Gasteiger partial charge >= 0.3 is 0 Å². The van der Waals surface area contributed by atoms with Crippen molar-refractivity contribution in [3.05, 3.63) is 60.2 Å². The Morgan fingerprint density at radius 1 is 1.00 bits per heavy atom. The molecule has 3 rings (SSSR count). The summed E-state index contributed by atoms with van der Waals surface area (Å²) < 4.78 is 27.4. The van der Waals surface area contributed by atoms with Crippen molar-refractivity contribution in [3.63, 3.8) is 0 Å². The van der Waals surface area contributed by atoms with Gasteiger partial charge in [-0.1, -0.05) is 18.2 Å². The largest absolute Gasteiger partial charge is 0.366 e. The fourth-order valence-corrected chi connectivity index (χ4v) is 3.38. The second-order valence-corrected chi connectivity index (χ2v) is 6.72. The summed E-state index contributed by atoms with van der Waals surface area (Å²) in [5.74, 6) is -1.02. The lowest BCUT2D eigenvalue weighted by Gasteiger charge is -2.36. The summed E-state index contributed by atoms with van der Waals surface area (Å²) >= 11 is 0. The molecule has 28 heavy (non-hydrogen) atoms. The molecule has 0 atom stereocenters. The molecule has 0 unspecified atom stereocenters. The van der Waals surface area contributed by atoms with E-state index in [-0.39, 0.29) is 30.6 Å². The molecule has 2 amide bonds. The van der Waals surface area contributed by atoms with Crippen molar-refractivity contribution in [3.8, 4) is 0 Å². The monoisotopic (exact) mass is 387 g/mol. The van der Waals surface area contributed by atoms with Crippen molar-refractivity contribution in [1.29, 1.82) is 0 Å². The Kier molecular flexibility index (Phi) is 6.23. The number of halogens is 2. The van der Waals surface area contributed by atoms with E-state index in [4.69, 9.17) is 0 Å². The summed E-state index contributed by atoms with van der Waals surface area (Å²) in [5, 5.41) is 0. The molecule has 0 saturated carbocycles. The van der Waals surface area contributed by atoms with Crippen molar-refractivity contribution in [2.24, 2.45) is 0 Å². The van der Waals surface area contributed by atoms with Gasteiger partial charge in [0.05, 0.1) is 5.69 Å². The number of carbonyl (C=O) groups is 2. The smallest absolute Gasteiger partial charge is 0.224 e. The van der Waals surface area contributed by atoms with E-state index in [1.807, 2.05) is 4.90 Å². The molecule has 148 valence electrons. The van der Waals surface area contributed by atoms with Crippen LogP contribution in [-0.2, 0) is 9.59 Å². The Balaban J connectivity index is 1.55. The minimum Gasteiger partial charge on any atom is -0.366 e. The van der Waals surface area contributed by atoms with E-state index in [2.05, 4.69) is 0 Å². The van der Waals surface area contributed by atoms with Crippen molar-refractivity contribution >= 4 is 23.2 Å². The van der Waals surface area contributed by atoms with Gasteiger partial charge in [0.15, 0.2) is 0 Å². The normalized spacial score (nSPS) is 14.1. The van der Waals surface area contributed by atoms with Gasteiger partial charge in [-0.3, -0.25) is 9.59 Å². The van der Waals surface area contributed by atoms with Crippen LogP contribution in [0, 0.1) is 11.6 Å². The number of carbonyl (C=O) groups excluding carboxylic acids is 2.